The van der Waals surface area contributed by atoms with Gasteiger partial charge in [-0.15, -0.1) is 0 Å². The molecule has 1 saturated heterocycles. The maximum atomic E-state index is 5.50. The van der Waals surface area contributed by atoms with Crippen molar-refractivity contribution in [2.45, 2.75) is 12.8 Å². The van der Waals surface area contributed by atoms with Crippen molar-refractivity contribution in [2.75, 3.05) is 46.9 Å². The Hall–Kier alpha value is -2.30. The zero-order valence-electron chi connectivity index (χ0n) is 16.3. The maximum Gasteiger partial charge on any atom is 0.161 e. The van der Waals surface area contributed by atoms with Crippen LogP contribution in [0.1, 0.15) is 17.5 Å². The summed E-state index contributed by atoms with van der Waals surface area (Å²) in [6.45, 7) is 5.68. The fraction of sp³-hybridized carbons (Fsp3) is 0.391. The van der Waals surface area contributed by atoms with Gasteiger partial charge in [0.05, 0.1) is 14.2 Å². The van der Waals surface area contributed by atoms with Gasteiger partial charge in [0.15, 0.2) is 11.5 Å². The molecule has 0 spiro atoms. The summed E-state index contributed by atoms with van der Waals surface area (Å²) >= 11 is 0. The van der Waals surface area contributed by atoms with Crippen LogP contribution in [0.15, 0.2) is 42.5 Å². The number of allylic oxidation sites excluding steroid dienone is 1. The molecule has 0 amide bonds. The van der Waals surface area contributed by atoms with Gasteiger partial charge in [0.2, 0.25) is 0 Å². The van der Waals surface area contributed by atoms with Gasteiger partial charge in [-0.1, -0.05) is 30.3 Å². The molecule has 2 aromatic carbocycles. The quantitative estimate of drug-likeness (QED) is 0.849. The van der Waals surface area contributed by atoms with E-state index < -0.39 is 0 Å². The van der Waals surface area contributed by atoms with Gasteiger partial charge in [-0.25, -0.2) is 0 Å². The Bertz CT molecular complexity index is 838. The van der Waals surface area contributed by atoms with Crippen molar-refractivity contribution in [3.63, 3.8) is 0 Å². The van der Waals surface area contributed by atoms with Crippen molar-refractivity contribution in [1.29, 1.82) is 0 Å². The van der Waals surface area contributed by atoms with E-state index in [4.69, 9.17) is 9.47 Å². The van der Waals surface area contributed by atoms with Crippen LogP contribution in [0, 0.1) is 0 Å². The standard InChI is InChI=1S/C23H28N2O2/c1-26-22-9-7-18(16-23(22)27-2)20-5-3-4-19-17(6-8-21(19)20)10-13-25-14-11-24-12-15-25/h3-7,9,16,24H,8,10-15H2,1-2H3. The molecule has 4 nitrogen and oxygen atoms in total. The second kappa shape index (κ2) is 8.15. The van der Waals surface area contributed by atoms with Gasteiger partial charge in [0, 0.05) is 32.7 Å². The van der Waals surface area contributed by atoms with Gasteiger partial charge < -0.3 is 19.7 Å². The molecule has 0 atom stereocenters. The van der Waals surface area contributed by atoms with Gasteiger partial charge in [-0.05, 0) is 52.8 Å². The number of piperazine rings is 1. The molecular weight excluding hydrogens is 336 g/mol. The lowest BCUT2D eigenvalue weighted by Crippen LogP contribution is -2.43. The molecule has 1 aliphatic carbocycles. The van der Waals surface area contributed by atoms with E-state index in [9.17, 15) is 0 Å². The van der Waals surface area contributed by atoms with Gasteiger partial charge in [-0.2, -0.15) is 0 Å². The average molecular weight is 364 g/mol. The Morgan fingerprint density at radius 2 is 1.74 bits per heavy atom. The minimum atomic E-state index is 0.767. The van der Waals surface area contributed by atoms with E-state index in [0.29, 0.717) is 0 Å². The summed E-state index contributed by atoms with van der Waals surface area (Å²) in [6.07, 6.45) is 4.55. The summed E-state index contributed by atoms with van der Waals surface area (Å²) in [5.41, 5.74) is 6.81. The fourth-order valence-electron chi connectivity index (χ4n) is 4.17. The normalized spacial score (nSPS) is 16.7. The number of rotatable bonds is 6. The van der Waals surface area contributed by atoms with Gasteiger partial charge in [-0.3, -0.25) is 0 Å². The Morgan fingerprint density at radius 3 is 2.52 bits per heavy atom. The first-order valence-electron chi connectivity index (χ1n) is 9.77. The summed E-state index contributed by atoms with van der Waals surface area (Å²) in [5, 5.41) is 3.43. The minimum absolute atomic E-state index is 0.767. The summed E-state index contributed by atoms with van der Waals surface area (Å²) in [6, 6.07) is 12.8. The van der Waals surface area contributed by atoms with Crippen LogP contribution in [0.4, 0.5) is 0 Å². The van der Waals surface area contributed by atoms with Crippen LogP contribution in [-0.4, -0.2) is 51.8 Å². The third-order valence-electron chi connectivity index (χ3n) is 5.68. The topological polar surface area (TPSA) is 33.7 Å². The number of nitrogens with zero attached hydrogens (tertiary/aromatic N) is 1. The summed E-state index contributed by atoms with van der Waals surface area (Å²) in [5.74, 6) is 1.54. The molecule has 0 unspecified atom stereocenters. The Labute approximate surface area is 161 Å². The number of ether oxygens (including phenoxy) is 2. The molecular formula is C23H28N2O2. The predicted molar refractivity (Wildman–Crippen MR) is 111 cm³/mol. The first kappa shape index (κ1) is 18.1. The van der Waals surface area contributed by atoms with Crippen molar-refractivity contribution in [1.82, 2.24) is 10.2 Å². The maximum absolute atomic E-state index is 5.50. The number of hydrogen-bond acceptors (Lipinski definition) is 4. The summed E-state index contributed by atoms with van der Waals surface area (Å²) in [7, 11) is 3.36. The van der Waals surface area contributed by atoms with Crippen molar-refractivity contribution < 1.29 is 9.47 Å². The van der Waals surface area contributed by atoms with Crippen LogP contribution in [0.25, 0.3) is 16.7 Å². The molecule has 0 saturated carbocycles. The molecule has 1 aliphatic heterocycles. The Morgan fingerprint density at radius 1 is 0.963 bits per heavy atom. The minimum Gasteiger partial charge on any atom is -0.493 e. The van der Waals surface area contributed by atoms with E-state index in [2.05, 4.69) is 46.6 Å². The van der Waals surface area contributed by atoms with Crippen molar-refractivity contribution in [3.05, 3.63) is 53.6 Å². The summed E-state index contributed by atoms with van der Waals surface area (Å²) in [4.78, 5) is 2.56. The molecule has 0 radical (unpaired) electrons. The molecule has 1 fully saturated rings. The number of fused-ring (bicyclic) bond motifs is 1. The highest BCUT2D eigenvalue weighted by molar-refractivity contribution is 5.82. The lowest BCUT2D eigenvalue weighted by Gasteiger charge is -2.27. The van der Waals surface area contributed by atoms with Crippen molar-refractivity contribution in [3.8, 4) is 22.6 Å². The molecule has 1 N–H and O–H groups in total. The number of benzene rings is 2. The van der Waals surface area contributed by atoms with Crippen LogP contribution in [0.2, 0.25) is 0 Å². The number of methoxy groups -OCH3 is 2. The number of nitrogens with one attached hydrogen (secondary N) is 1. The van der Waals surface area contributed by atoms with E-state index in [1.165, 1.54) is 27.8 Å². The largest absolute Gasteiger partial charge is 0.493 e. The van der Waals surface area contributed by atoms with Crippen LogP contribution in [0.3, 0.4) is 0 Å². The molecule has 0 aromatic heterocycles. The van der Waals surface area contributed by atoms with Gasteiger partial charge >= 0.3 is 0 Å². The van der Waals surface area contributed by atoms with E-state index >= 15 is 0 Å². The predicted octanol–water partition coefficient (Wildman–Crippen LogP) is 3.61. The van der Waals surface area contributed by atoms with E-state index in [1.807, 2.05) is 6.07 Å². The average Bonchev–Trinajstić information content (AvgIpc) is 3.15. The van der Waals surface area contributed by atoms with E-state index in [-0.39, 0.29) is 0 Å². The second-order valence-electron chi connectivity index (χ2n) is 7.18. The lowest BCUT2D eigenvalue weighted by molar-refractivity contribution is 0.246. The third kappa shape index (κ3) is 3.73. The third-order valence-corrected chi connectivity index (χ3v) is 5.68. The fourth-order valence-corrected chi connectivity index (χ4v) is 4.17. The molecule has 1 heterocycles. The highest BCUT2D eigenvalue weighted by Gasteiger charge is 2.19. The smallest absolute Gasteiger partial charge is 0.161 e. The molecule has 4 rings (SSSR count). The molecule has 2 aliphatic rings. The SMILES string of the molecule is COc1ccc(-c2cccc3c2CC=C3CCN2CCNCC2)cc1OC. The van der Waals surface area contributed by atoms with Crippen molar-refractivity contribution >= 4 is 5.57 Å². The monoisotopic (exact) mass is 364 g/mol. The van der Waals surface area contributed by atoms with E-state index in [0.717, 1.165) is 57.1 Å². The van der Waals surface area contributed by atoms with Crippen LogP contribution in [-0.2, 0) is 6.42 Å². The molecule has 0 bridgehead atoms. The highest BCUT2D eigenvalue weighted by atomic mass is 16.5. The van der Waals surface area contributed by atoms with Crippen molar-refractivity contribution in [2.24, 2.45) is 0 Å². The van der Waals surface area contributed by atoms with Crippen LogP contribution in [0.5, 0.6) is 11.5 Å². The second-order valence-corrected chi connectivity index (χ2v) is 7.18. The molecule has 2 aromatic rings. The van der Waals surface area contributed by atoms with Gasteiger partial charge in [0.1, 0.15) is 0 Å². The molecule has 142 valence electrons. The first-order valence-corrected chi connectivity index (χ1v) is 9.77. The molecule has 4 heteroatoms. The molecule has 27 heavy (non-hydrogen) atoms. The van der Waals surface area contributed by atoms with E-state index in [1.54, 1.807) is 14.2 Å². The summed E-state index contributed by atoms with van der Waals surface area (Å²) < 4.78 is 10.9. The zero-order valence-corrected chi connectivity index (χ0v) is 16.3. The highest BCUT2D eigenvalue weighted by Crippen LogP contribution is 2.39. The Kier molecular flexibility index (Phi) is 5.46. The van der Waals surface area contributed by atoms with Gasteiger partial charge in [0.25, 0.3) is 0 Å². The number of hydrogen-bond donors (Lipinski definition) is 1. The first-order chi connectivity index (χ1) is 13.3. The Balaban J connectivity index is 1.55. The zero-order chi connectivity index (χ0) is 18.6. The lowest BCUT2D eigenvalue weighted by atomic mass is 9.94. The van der Waals surface area contributed by atoms with Crippen LogP contribution < -0.4 is 14.8 Å². The van der Waals surface area contributed by atoms with Crippen LogP contribution >= 0.6 is 0 Å².